The fraction of sp³-hybridized carbons (Fsp3) is 1.00. The van der Waals surface area contributed by atoms with Crippen molar-refractivity contribution >= 4 is 0 Å². The van der Waals surface area contributed by atoms with E-state index in [1.165, 1.54) is 57.8 Å². The zero-order valence-corrected chi connectivity index (χ0v) is 9.52. The molecule has 0 aromatic carbocycles. The molecule has 1 saturated carbocycles. The van der Waals surface area contributed by atoms with Crippen LogP contribution in [-0.2, 0) is 0 Å². The molecule has 0 bridgehead atoms. The van der Waals surface area contributed by atoms with Gasteiger partial charge in [-0.1, -0.05) is 58.8 Å². The Labute approximate surface area is 84.1 Å². The minimum Gasteiger partial charge on any atom is -0.0654 e. The quantitative estimate of drug-likeness (QED) is 0.474. The highest BCUT2D eigenvalue weighted by molar-refractivity contribution is 4.78. The number of hydrogen-bond donors (Lipinski definition) is 0. The van der Waals surface area contributed by atoms with Crippen molar-refractivity contribution in [3.63, 3.8) is 0 Å². The van der Waals surface area contributed by atoms with Gasteiger partial charge in [0.2, 0.25) is 0 Å². The fourth-order valence-corrected chi connectivity index (χ4v) is 2.15. The second-order valence-corrected chi connectivity index (χ2v) is 4.87. The Morgan fingerprint density at radius 2 is 1.62 bits per heavy atom. The van der Waals surface area contributed by atoms with Crippen molar-refractivity contribution < 1.29 is 0 Å². The summed E-state index contributed by atoms with van der Waals surface area (Å²) in [5, 5.41) is 0. The van der Waals surface area contributed by atoms with Gasteiger partial charge in [-0.15, -0.1) is 0 Å². The SMILES string of the molecule is CCCCCCCCC(C)C1CC1. The predicted octanol–water partition coefficient (Wildman–Crippen LogP) is 4.78. The summed E-state index contributed by atoms with van der Waals surface area (Å²) in [7, 11) is 0. The first-order valence-electron chi connectivity index (χ1n) is 6.34. The maximum Gasteiger partial charge on any atom is -0.0388 e. The van der Waals surface area contributed by atoms with Crippen LogP contribution in [-0.4, -0.2) is 0 Å². The Kier molecular flexibility index (Phi) is 5.50. The summed E-state index contributed by atoms with van der Waals surface area (Å²) in [6, 6.07) is 0. The second-order valence-electron chi connectivity index (χ2n) is 4.87. The van der Waals surface area contributed by atoms with Gasteiger partial charge >= 0.3 is 0 Å². The average Bonchev–Trinajstić information content (AvgIpc) is 2.93. The van der Waals surface area contributed by atoms with Crippen molar-refractivity contribution in [2.45, 2.75) is 71.6 Å². The van der Waals surface area contributed by atoms with Crippen molar-refractivity contribution in [3.8, 4) is 0 Å². The van der Waals surface area contributed by atoms with E-state index >= 15 is 0 Å². The van der Waals surface area contributed by atoms with E-state index in [9.17, 15) is 0 Å². The molecular weight excluding hydrogens is 156 g/mol. The minimum absolute atomic E-state index is 1.03. The molecule has 0 nitrogen and oxygen atoms in total. The molecule has 0 saturated heterocycles. The van der Waals surface area contributed by atoms with E-state index in [0.29, 0.717) is 0 Å². The Balaban J connectivity index is 1.77. The van der Waals surface area contributed by atoms with E-state index in [0.717, 1.165) is 11.8 Å². The van der Waals surface area contributed by atoms with Crippen molar-refractivity contribution in [1.29, 1.82) is 0 Å². The smallest absolute Gasteiger partial charge is 0.0388 e. The van der Waals surface area contributed by atoms with Gasteiger partial charge in [0, 0.05) is 0 Å². The van der Waals surface area contributed by atoms with E-state index in [2.05, 4.69) is 13.8 Å². The first-order chi connectivity index (χ1) is 6.34. The molecule has 78 valence electrons. The monoisotopic (exact) mass is 182 g/mol. The van der Waals surface area contributed by atoms with Crippen LogP contribution < -0.4 is 0 Å². The van der Waals surface area contributed by atoms with E-state index in [-0.39, 0.29) is 0 Å². The van der Waals surface area contributed by atoms with Gasteiger partial charge in [0.25, 0.3) is 0 Å². The van der Waals surface area contributed by atoms with Crippen LogP contribution in [0.4, 0.5) is 0 Å². The molecule has 1 aliphatic carbocycles. The summed E-state index contributed by atoms with van der Waals surface area (Å²) in [4.78, 5) is 0. The molecule has 0 aliphatic heterocycles. The first-order valence-corrected chi connectivity index (χ1v) is 6.34. The van der Waals surface area contributed by atoms with Crippen molar-refractivity contribution in [2.24, 2.45) is 11.8 Å². The van der Waals surface area contributed by atoms with Crippen molar-refractivity contribution in [2.75, 3.05) is 0 Å². The molecule has 0 amide bonds. The van der Waals surface area contributed by atoms with E-state index in [1.54, 1.807) is 0 Å². The molecule has 0 radical (unpaired) electrons. The lowest BCUT2D eigenvalue weighted by Crippen LogP contribution is -1.96. The molecule has 0 heterocycles. The van der Waals surface area contributed by atoms with Crippen molar-refractivity contribution in [3.05, 3.63) is 0 Å². The number of hydrogen-bond acceptors (Lipinski definition) is 0. The predicted molar refractivity (Wildman–Crippen MR) is 59.9 cm³/mol. The highest BCUT2D eigenvalue weighted by atomic mass is 14.3. The maximum atomic E-state index is 2.45. The molecule has 0 aromatic rings. The Morgan fingerprint density at radius 3 is 2.23 bits per heavy atom. The fourth-order valence-electron chi connectivity index (χ4n) is 2.15. The van der Waals surface area contributed by atoms with Crippen LogP contribution >= 0.6 is 0 Å². The third-order valence-corrected chi connectivity index (χ3v) is 3.44. The third-order valence-electron chi connectivity index (χ3n) is 3.44. The summed E-state index contributed by atoms with van der Waals surface area (Å²) in [5.41, 5.74) is 0. The molecule has 1 atom stereocenters. The molecule has 13 heavy (non-hydrogen) atoms. The first kappa shape index (κ1) is 11.1. The third kappa shape index (κ3) is 5.33. The molecule has 1 rings (SSSR count). The zero-order chi connectivity index (χ0) is 9.52. The molecule has 1 aliphatic rings. The van der Waals surface area contributed by atoms with Gasteiger partial charge in [0.05, 0.1) is 0 Å². The van der Waals surface area contributed by atoms with Crippen LogP contribution in [0.1, 0.15) is 71.6 Å². The molecule has 1 unspecified atom stereocenters. The molecule has 0 spiro atoms. The summed E-state index contributed by atoms with van der Waals surface area (Å²) in [5.74, 6) is 2.15. The maximum absolute atomic E-state index is 2.45. The van der Waals surface area contributed by atoms with Gasteiger partial charge in [-0.3, -0.25) is 0 Å². The number of unbranched alkanes of at least 4 members (excludes halogenated alkanes) is 5. The van der Waals surface area contributed by atoms with Gasteiger partial charge in [0.1, 0.15) is 0 Å². The van der Waals surface area contributed by atoms with Crippen LogP contribution in [0.25, 0.3) is 0 Å². The minimum atomic E-state index is 1.03. The molecule has 1 fully saturated rings. The normalized spacial score (nSPS) is 18.9. The second kappa shape index (κ2) is 6.45. The number of rotatable bonds is 8. The summed E-state index contributed by atoms with van der Waals surface area (Å²) in [6.45, 7) is 4.73. The van der Waals surface area contributed by atoms with Gasteiger partial charge in [-0.25, -0.2) is 0 Å². The van der Waals surface area contributed by atoms with Gasteiger partial charge in [-0.05, 0) is 24.7 Å². The lowest BCUT2D eigenvalue weighted by molar-refractivity contribution is 0.438. The standard InChI is InChI=1S/C13H26/c1-3-4-5-6-7-8-9-12(2)13-10-11-13/h12-13H,3-11H2,1-2H3. The largest absolute Gasteiger partial charge is 0.0654 e. The summed E-state index contributed by atoms with van der Waals surface area (Å²) < 4.78 is 0. The summed E-state index contributed by atoms with van der Waals surface area (Å²) in [6.07, 6.45) is 13.3. The van der Waals surface area contributed by atoms with Crippen LogP contribution in [0.2, 0.25) is 0 Å². The molecular formula is C13H26. The Morgan fingerprint density at radius 1 is 1.00 bits per heavy atom. The van der Waals surface area contributed by atoms with E-state index < -0.39 is 0 Å². The van der Waals surface area contributed by atoms with E-state index in [4.69, 9.17) is 0 Å². The van der Waals surface area contributed by atoms with Crippen molar-refractivity contribution in [1.82, 2.24) is 0 Å². The van der Waals surface area contributed by atoms with Gasteiger partial charge in [0.15, 0.2) is 0 Å². The lowest BCUT2D eigenvalue weighted by atomic mass is 9.98. The van der Waals surface area contributed by atoms with Gasteiger partial charge < -0.3 is 0 Å². The van der Waals surface area contributed by atoms with Crippen LogP contribution in [0.15, 0.2) is 0 Å². The van der Waals surface area contributed by atoms with Gasteiger partial charge in [-0.2, -0.15) is 0 Å². The lowest BCUT2D eigenvalue weighted by Gasteiger charge is -2.08. The summed E-state index contributed by atoms with van der Waals surface area (Å²) >= 11 is 0. The van der Waals surface area contributed by atoms with E-state index in [1.807, 2.05) is 0 Å². The van der Waals surface area contributed by atoms with Crippen LogP contribution in [0.5, 0.6) is 0 Å². The highest BCUT2D eigenvalue weighted by Crippen LogP contribution is 2.38. The molecule has 0 aromatic heterocycles. The average molecular weight is 182 g/mol. The van der Waals surface area contributed by atoms with Crippen LogP contribution in [0, 0.1) is 11.8 Å². The molecule has 0 N–H and O–H groups in total. The molecule has 0 heteroatoms. The Bertz CT molecular complexity index is 113. The zero-order valence-electron chi connectivity index (χ0n) is 9.52. The highest BCUT2D eigenvalue weighted by Gasteiger charge is 2.26. The van der Waals surface area contributed by atoms with Crippen LogP contribution in [0.3, 0.4) is 0 Å². The topological polar surface area (TPSA) is 0 Å². The Hall–Kier alpha value is 0.